The number of aliphatic carboxylic acids is 1. The van der Waals surface area contributed by atoms with Crippen LogP contribution < -0.4 is 5.32 Å². The number of nitrogens with one attached hydrogen (secondary N) is 1. The number of carbonyl (C=O) groups is 2. The van der Waals surface area contributed by atoms with E-state index in [1.165, 1.54) is 0 Å². The van der Waals surface area contributed by atoms with Crippen LogP contribution in [0.15, 0.2) is 12.1 Å². The Bertz CT molecular complexity index is 519. The van der Waals surface area contributed by atoms with E-state index in [0.29, 0.717) is 24.1 Å². The molecule has 1 heterocycles. The molecule has 19 heavy (non-hydrogen) atoms. The van der Waals surface area contributed by atoms with E-state index in [0.717, 1.165) is 18.5 Å². The molecule has 1 fully saturated rings. The van der Waals surface area contributed by atoms with Gasteiger partial charge in [-0.1, -0.05) is 12.8 Å². The number of carbonyl (C=O) groups excluding carboxylic acids is 1. The van der Waals surface area contributed by atoms with E-state index in [2.05, 4.69) is 10.3 Å². The number of nitrogens with zero attached hydrogens (tertiary/aromatic N) is 1. The van der Waals surface area contributed by atoms with Crippen molar-refractivity contribution in [3.05, 3.63) is 29.1 Å². The monoisotopic (exact) mass is 262 g/mol. The number of hydrogen-bond donors (Lipinski definition) is 2. The highest BCUT2D eigenvalue weighted by atomic mass is 16.4. The highest BCUT2D eigenvalue weighted by Crippen LogP contribution is 2.30. The van der Waals surface area contributed by atoms with E-state index in [1.807, 2.05) is 6.92 Å². The summed E-state index contributed by atoms with van der Waals surface area (Å²) in [4.78, 5) is 27.9. The summed E-state index contributed by atoms with van der Waals surface area (Å²) in [6, 6.07) is 3.45. The average Bonchev–Trinajstić information content (AvgIpc) is 2.78. The van der Waals surface area contributed by atoms with Crippen LogP contribution in [0, 0.1) is 13.8 Å². The molecule has 0 radical (unpaired) electrons. The van der Waals surface area contributed by atoms with E-state index >= 15 is 0 Å². The molecule has 1 aliphatic rings. The molecule has 5 heteroatoms. The van der Waals surface area contributed by atoms with Crippen LogP contribution in [0.5, 0.6) is 0 Å². The van der Waals surface area contributed by atoms with Gasteiger partial charge in [-0.3, -0.25) is 9.78 Å². The van der Waals surface area contributed by atoms with Gasteiger partial charge in [-0.05, 0) is 38.8 Å². The van der Waals surface area contributed by atoms with Gasteiger partial charge in [0.2, 0.25) is 0 Å². The van der Waals surface area contributed by atoms with Crippen LogP contribution in [-0.2, 0) is 4.79 Å². The van der Waals surface area contributed by atoms with Crippen LogP contribution in [0.2, 0.25) is 0 Å². The second-order valence-electron chi connectivity index (χ2n) is 5.13. The minimum absolute atomic E-state index is 0.352. The van der Waals surface area contributed by atoms with Gasteiger partial charge < -0.3 is 10.4 Å². The Kier molecular flexibility index (Phi) is 3.55. The van der Waals surface area contributed by atoms with E-state index in [9.17, 15) is 14.7 Å². The normalized spacial score (nSPS) is 17.2. The maximum Gasteiger partial charge on any atom is 0.329 e. The van der Waals surface area contributed by atoms with Crippen molar-refractivity contribution >= 4 is 11.9 Å². The summed E-state index contributed by atoms with van der Waals surface area (Å²) in [6.45, 7) is 3.61. The van der Waals surface area contributed by atoms with Crippen molar-refractivity contribution in [1.29, 1.82) is 0 Å². The molecule has 0 saturated heterocycles. The highest BCUT2D eigenvalue weighted by Gasteiger charge is 2.42. The van der Waals surface area contributed by atoms with Crippen molar-refractivity contribution < 1.29 is 14.7 Å². The third-order valence-corrected chi connectivity index (χ3v) is 3.69. The third kappa shape index (κ3) is 2.59. The summed E-state index contributed by atoms with van der Waals surface area (Å²) in [6.07, 6.45) is 2.65. The van der Waals surface area contributed by atoms with Crippen molar-refractivity contribution in [2.45, 2.75) is 45.1 Å². The molecule has 1 saturated carbocycles. The van der Waals surface area contributed by atoms with E-state index in [1.54, 1.807) is 19.1 Å². The number of amides is 1. The highest BCUT2D eigenvalue weighted by molar-refractivity contribution is 5.98. The average molecular weight is 262 g/mol. The zero-order valence-electron chi connectivity index (χ0n) is 11.2. The summed E-state index contributed by atoms with van der Waals surface area (Å²) in [5.41, 5.74) is 0.797. The molecule has 0 atom stereocenters. The van der Waals surface area contributed by atoms with Gasteiger partial charge in [-0.15, -0.1) is 0 Å². The standard InChI is InChI=1S/C14H18N2O3/c1-9-5-6-11(10(2)15-9)12(17)16-14(13(18)19)7-3-4-8-14/h5-6H,3-4,7-8H2,1-2H3,(H,16,17)(H,18,19). The van der Waals surface area contributed by atoms with Gasteiger partial charge in [-0.2, -0.15) is 0 Å². The molecule has 1 amide bonds. The lowest BCUT2D eigenvalue weighted by molar-refractivity contribution is -0.144. The number of carboxylic acids is 1. The van der Waals surface area contributed by atoms with Gasteiger partial charge in [-0.25, -0.2) is 4.79 Å². The Balaban J connectivity index is 2.22. The second-order valence-corrected chi connectivity index (χ2v) is 5.13. The number of rotatable bonds is 3. The smallest absolute Gasteiger partial charge is 0.329 e. The zero-order valence-corrected chi connectivity index (χ0v) is 11.2. The SMILES string of the molecule is Cc1ccc(C(=O)NC2(C(=O)O)CCCC2)c(C)n1. The predicted molar refractivity (Wildman–Crippen MR) is 70.0 cm³/mol. The van der Waals surface area contributed by atoms with Gasteiger partial charge in [0, 0.05) is 5.69 Å². The second kappa shape index (κ2) is 4.99. The van der Waals surface area contributed by atoms with Crippen LogP contribution in [-0.4, -0.2) is 27.5 Å². The number of aromatic nitrogens is 1. The summed E-state index contributed by atoms with van der Waals surface area (Å²) < 4.78 is 0. The summed E-state index contributed by atoms with van der Waals surface area (Å²) in [5.74, 6) is -1.30. The van der Waals surface area contributed by atoms with Crippen molar-refractivity contribution in [3.63, 3.8) is 0 Å². The minimum Gasteiger partial charge on any atom is -0.480 e. The predicted octanol–water partition coefficient (Wildman–Crippen LogP) is 1.83. The Labute approximate surface area is 112 Å². The first-order valence-corrected chi connectivity index (χ1v) is 6.45. The quantitative estimate of drug-likeness (QED) is 0.871. The molecule has 2 N–H and O–H groups in total. The minimum atomic E-state index is -1.10. The fourth-order valence-corrected chi connectivity index (χ4v) is 2.58. The molecule has 0 aromatic carbocycles. The van der Waals surface area contributed by atoms with Crippen molar-refractivity contribution in [1.82, 2.24) is 10.3 Å². The third-order valence-electron chi connectivity index (χ3n) is 3.69. The van der Waals surface area contributed by atoms with Crippen LogP contribution in [0.3, 0.4) is 0 Å². The van der Waals surface area contributed by atoms with E-state index in [4.69, 9.17) is 0 Å². The van der Waals surface area contributed by atoms with Crippen molar-refractivity contribution in [2.24, 2.45) is 0 Å². The molecule has 0 unspecified atom stereocenters. The molecule has 0 bridgehead atoms. The molecular formula is C14H18N2O3. The molecule has 102 valence electrons. The lowest BCUT2D eigenvalue weighted by Gasteiger charge is -2.25. The molecular weight excluding hydrogens is 244 g/mol. The molecule has 0 aliphatic heterocycles. The zero-order chi connectivity index (χ0) is 14.0. The lowest BCUT2D eigenvalue weighted by Crippen LogP contribution is -2.52. The Morgan fingerprint density at radius 3 is 2.42 bits per heavy atom. The Morgan fingerprint density at radius 2 is 1.89 bits per heavy atom. The Morgan fingerprint density at radius 1 is 1.26 bits per heavy atom. The van der Waals surface area contributed by atoms with Crippen molar-refractivity contribution in [2.75, 3.05) is 0 Å². The summed E-state index contributed by atoms with van der Waals surface area (Å²) in [5, 5.41) is 12.0. The molecule has 1 aromatic rings. The topological polar surface area (TPSA) is 79.3 Å². The lowest BCUT2D eigenvalue weighted by atomic mass is 9.97. The van der Waals surface area contributed by atoms with E-state index < -0.39 is 11.5 Å². The maximum atomic E-state index is 12.2. The molecule has 5 nitrogen and oxygen atoms in total. The van der Waals surface area contributed by atoms with Crippen LogP contribution in [0.4, 0.5) is 0 Å². The number of hydrogen-bond acceptors (Lipinski definition) is 3. The fourth-order valence-electron chi connectivity index (χ4n) is 2.58. The van der Waals surface area contributed by atoms with Gasteiger partial charge in [0.05, 0.1) is 11.3 Å². The maximum absolute atomic E-state index is 12.2. The van der Waals surface area contributed by atoms with Gasteiger partial charge in [0.15, 0.2) is 0 Å². The fraction of sp³-hybridized carbons (Fsp3) is 0.500. The van der Waals surface area contributed by atoms with Crippen LogP contribution in [0.25, 0.3) is 0 Å². The van der Waals surface area contributed by atoms with Crippen LogP contribution in [0.1, 0.15) is 47.4 Å². The van der Waals surface area contributed by atoms with Gasteiger partial charge >= 0.3 is 5.97 Å². The first-order valence-electron chi connectivity index (χ1n) is 6.45. The number of carboxylic acid groups (broad SMARTS) is 1. The Hall–Kier alpha value is -1.91. The van der Waals surface area contributed by atoms with Gasteiger partial charge in [0.25, 0.3) is 5.91 Å². The largest absolute Gasteiger partial charge is 0.480 e. The first-order chi connectivity index (χ1) is 8.94. The summed E-state index contributed by atoms with van der Waals surface area (Å²) in [7, 11) is 0. The van der Waals surface area contributed by atoms with Gasteiger partial charge in [0.1, 0.15) is 5.54 Å². The number of aryl methyl sites for hydroxylation is 2. The van der Waals surface area contributed by atoms with Crippen molar-refractivity contribution in [3.8, 4) is 0 Å². The molecule has 1 aromatic heterocycles. The summed E-state index contributed by atoms with van der Waals surface area (Å²) >= 11 is 0. The van der Waals surface area contributed by atoms with E-state index in [-0.39, 0.29) is 5.91 Å². The molecule has 0 spiro atoms. The first kappa shape index (κ1) is 13.5. The molecule has 2 rings (SSSR count). The number of pyridine rings is 1. The van der Waals surface area contributed by atoms with Crippen LogP contribution >= 0.6 is 0 Å². The molecule has 1 aliphatic carbocycles.